The van der Waals surface area contributed by atoms with Gasteiger partial charge in [-0.2, -0.15) is 0 Å². The zero-order chi connectivity index (χ0) is 19.9. The normalized spacial score (nSPS) is 14.1. The van der Waals surface area contributed by atoms with E-state index in [0.29, 0.717) is 19.0 Å². The summed E-state index contributed by atoms with van der Waals surface area (Å²) in [6, 6.07) is 9.40. The van der Waals surface area contributed by atoms with Gasteiger partial charge < -0.3 is 19.9 Å². The summed E-state index contributed by atoms with van der Waals surface area (Å²) in [6.07, 6.45) is 1.64. The molecule has 0 aliphatic carbocycles. The molecule has 150 valence electrons. The number of piperazine rings is 1. The van der Waals surface area contributed by atoms with E-state index in [9.17, 15) is 9.59 Å². The van der Waals surface area contributed by atoms with Crippen LogP contribution < -0.4 is 20.5 Å². The van der Waals surface area contributed by atoms with Crippen LogP contribution in [0.2, 0.25) is 0 Å². The Morgan fingerprint density at radius 1 is 1.25 bits per heavy atom. The molecule has 1 saturated heterocycles. The molecule has 1 aliphatic rings. The number of nitrogens with zero attached hydrogens (tertiary/aromatic N) is 3. The zero-order valence-corrected chi connectivity index (χ0v) is 16.4. The first-order valence-corrected chi connectivity index (χ1v) is 9.60. The van der Waals surface area contributed by atoms with Crippen LogP contribution in [0, 0.1) is 0 Å². The lowest BCUT2D eigenvalue weighted by Gasteiger charge is -2.36. The average molecular weight is 385 g/mol. The van der Waals surface area contributed by atoms with E-state index in [1.807, 2.05) is 36.1 Å². The number of anilines is 2. The number of hydrogen-bond donors (Lipinski definition) is 2. The molecule has 1 fully saturated rings. The van der Waals surface area contributed by atoms with Gasteiger partial charge in [0.15, 0.2) is 0 Å². The van der Waals surface area contributed by atoms with Gasteiger partial charge in [0.1, 0.15) is 5.75 Å². The van der Waals surface area contributed by atoms with Crippen LogP contribution in [0.3, 0.4) is 0 Å². The third kappa shape index (κ3) is 4.82. The highest BCUT2D eigenvalue weighted by atomic mass is 16.5. The summed E-state index contributed by atoms with van der Waals surface area (Å²) in [4.78, 5) is 35.3. The maximum Gasteiger partial charge on any atom is 0.252 e. The van der Waals surface area contributed by atoms with Gasteiger partial charge in [0, 0.05) is 37.9 Å². The minimum atomic E-state index is -0.209. The zero-order valence-electron chi connectivity index (χ0n) is 16.4. The second-order valence-electron chi connectivity index (χ2n) is 6.73. The SMILES string of the molecule is CCCc1cc(=O)[nH]c(NCC(=O)N2CCN(c3ccccc3OC)CC2)n1. The van der Waals surface area contributed by atoms with Gasteiger partial charge in [-0.1, -0.05) is 25.5 Å². The number of aromatic amines is 1. The van der Waals surface area contributed by atoms with Crippen LogP contribution >= 0.6 is 0 Å². The molecule has 28 heavy (non-hydrogen) atoms. The minimum Gasteiger partial charge on any atom is -0.495 e. The first-order chi connectivity index (χ1) is 13.6. The highest BCUT2D eigenvalue weighted by molar-refractivity contribution is 5.80. The molecule has 1 aromatic carbocycles. The van der Waals surface area contributed by atoms with Gasteiger partial charge in [-0.05, 0) is 18.6 Å². The van der Waals surface area contributed by atoms with Crippen molar-refractivity contribution < 1.29 is 9.53 Å². The fourth-order valence-electron chi connectivity index (χ4n) is 3.33. The van der Waals surface area contributed by atoms with Gasteiger partial charge in [-0.15, -0.1) is 0 Å². The van der Waals surface area contributed by atoms with Crippen LogP contribution in [0.15, 0.2) is 35.1 Å². The lowest BCUT2D eigenvalue weighted by atomic mass is 10.2. The van der Waals surface area contributed by atoms with Gasteiger partial charge in [-0.25, -0.2) is 4.98 Å². The number of ether oxygens (including phenoxy) is 1. The van der Waals surface area contributed by atoms with Crippen molar-refractivity contribution in [3.8, 4) is 5.75 Å². The molecule has 2 N–H and O–H groups in total. The summed E-state index contributed by atoms with van der Waals surface area (Å²) >= 11 is 0. The second-order valence-corrected chi connectivity index (χ2v) is 6.73. The molecule has 1 amide bonds. The number of amides is 1. The molecule has 2 heterocycles. The first kappa shape index (κ1) is 19.7. The number of benzene rings is 1. The minimum absolute atomic E-state index is 0.0109. The molecule has 1 aliphatic heterocycles. The number of para-hydroxylation sites is 2. The smallest absolute Gasteiger partial charge is 0.252 e. The van der Waals surface area contributed by atoms with E-state index in [-0.39, 0.29) is 18.0 Å². The first-order valence-electron chi connectivity index (χ1n) is 9.60. The van der Waals surface area contributed by atoms with Crippen molar-refractivity contribution in [2.24, 2.45) is 0 Å². The molecule has 0 bridgehead atoms. The number of rotatable bonds is 7. The molecule has 0 unspecified atom stereocenters. The van der Waals surface area contributed by atoms with Crippen LogP contribution in [0.25, 0.3) is 0 Å². The highest BCUT2D eigenvalue weighted by Gasteiger charge is 2.22. The molecule has 0 radical (unpaired) electrons. The van der Waals surface area contributed by atoms with E-state index in [0.717, 1.165) is 43.1 Å². The second kappa shape index (κ2) is 9.25. The van der Waals surface area contributed by atoms with Crippen molar-refractivity contribution >= 4 is 17.5 Å². The van der Waals surface area contributed by atoms with E-state index in [2.05, 4.69) is 20.2 Å². The van der Waals surface area contributed by atoms with Crippen LogP contribution in [0.1, 0.15) is 19.0 Å². The van der Waals surface area contributed by atoms with E-state index in [1.54, 1.807) is 7.11 Å². The Morgan fingerprint density at radius 3 is 2.71 bits per heavy atom. The Balaban J connectivity index is 1.54. The van der Waals surface area contributed by atoms with E-state index < -0.39 is 0 Å². The predicted molar refractivity (Wildman–Crippen MR) is 109 cm³/mol. The monoisotopic (exact) mass is 385 g/mol. The number of carbonyl (C=O) groups is 1. The number of methoxy groups -OCH3 is 1. The molecule has 8 heteroatoms. The summed E-state index contributed by atoms with van der Waals surface area (Å²) in [5, 5.41) is 2.95. The quantitative estimate of drug-likeness (QED) is 0.751. The fourth-order valence-corrected chi connectivity index (χ4v) is 3.33. The number of H-pyrrole nitrogens is 1. The summed E-state index contributed by atoms with van der Waals surface area (Å²) < 4.78 is 5.43. The van der Waals surface area contributed by atoms with Crippen LogP contribution in [0.4, 0.5) is 11.6 Å². The predicted octanol–water partition coefficient (Wildman–Crippen LogP) is 1.49. The number of aryl methyl sites for hydroxylation is 1. The van der Waals surface area contributed by atoms with Crippen molar-refractivity contribution in [2.75, 3.05) is 50.1 Å². The van der Waals surface area contributed by atoms with E-state index >= 15 is 0 Å². The summed E-state index contributed by atoms with van der Waals surface area (Å²) in [6.45, 7) is 4.90. The topological polar surface area (TPSA) is 90.6 Å². The number of nitrogens with one attached hydrogen (secondary N) is 2. The Bertz CT molecular complexity index is 859. The third-order valence-electron chi connectivity index (χ3n) is 4.77. The van der Waals surface area contributed by atoms with E-state index in [1.165, 1.54) is 6.07 Å². The van der Waals surface area contributed by atoms with E-state index in [4.69, 9.17) is 4.74 Å². The largest absolute Gasteiger partial charge is 0.495 e. The molecule has 8 nitrogen and oxygen atoms in total. The molecular weight excluding hydrogens is 358 g/mol. The summed E-state index contributed by atoms with van der Waals surface area (Å²) in [7, 11) is 1.66. The Morgan fingerprint density at radius 2 is 2.00 bits per heavy atom. The standard InChI is InChI=1S/C20H27N5O3/c1-3-6-15-13-18(26)23-20(22-15)21-14-19(27)25-11-9-24(10-12-25)16-7-4-5-8-17(16)28-2/h4-5,7-8,13H,3,6,9-12,14H2,1-2H3,(H2,21,22,23,26). The van der Waals surface area contributed by atoms with Gasteiger partial charge >= 0.3 is 0 Å². The summed E-state index contributed by atoms with van der Waals surface area (Å²) in [5.41, 5.74) is 1.56. The lowest BCUT2D eigenvalue weighted by molar-refractivity contribution is -0.129. The van der Waals surface area contributed by atoms with Gasteiger partial charge in [0.25, 0.3) is 5.56 Å². The van der Waals surface area contributed by atoms with Crippen molar-refractivity contribution in [3.05, 3.63) is 46.4 Å². The molecule has 3 rings (SSSR count). The third-order valence-corrected chi connectivity index (χ3v) is 4.77. The van der Waals surface area contributed by atoms with Crippen LogP contribution in [-0.4, -0.2) is 60.6 Å². The molecule has 0 saturated carbocycles. The number of carbonyl (C=O) groups excluding carboxylic acids is 1. The Kier molecular flexibility index (Phi) is 6.52. The van der Waals surface area contributed by atoms with Crippen molar-refractivity contribution in [2.45, 2.75) is 19.8 Å². The van der Waals surface area contributed by atoms with Crippen molar-refractivity contribution in [1.82, 2.24) is 14.9 Å². The summed E-state index contributed by atoms with van der Waals surface area (Å²) in [5.74, 6) is 1.17. The molecule has 0 atom stereocenters. The van der Waals surface area contributed by atoms with Crippen molar-refractivity contribution in [3.63, 3.8) is 0 Å². The average Bonchev–Trinajstić information content (AvgIpc) is 2.72. The number of aromatic nitrogens is 2. The Labute approximate surface area is 164 Å². The Hall–Kier alpha value is -3.03. The molecule has 1 aromatic heterocycles. The maximum atomic E-state index is 12.5. The molecule has 2 aromatic rings. The van der Waals surface area contributed by atoms with Gasteiger partial charge in [0.2, 0.25) is 11.9 Å². The lowest BCUT2D eigenvalue weighted by Crippen LogP contribution is -2.50. The van der Waals surface area contributed by atoms with Crippen LogP contribution in [-0.2, 0) is 11.2 Å². The number of hydrogen-bond acceptors (Lipinski definition) is 6. The van der Waals surface area contributed by atoms with Crippen LogP contribution in [0.5, 0.6) is 5.75 Å². The van der Waals surface area contributed by atoms with Crippen molar-refractivity contribution in [1.29, 1.82) is 0 Å². The highest BCUT2D eigenvalue weighted by Crippen LogP contribution is 2.28. The molecule has 0 spiro atoms. The van der Waals surface area contributed by atoms with Gasteiger partial charge in [0.05, 0.1) is 19.3 Å². The maximum absolute atomic E-state index is 12.5. The van der Waals surface area contributed by atoms with Gasteiger partial charge in [-0.3, -0.25) is 14.6 Å². The molecular formula is C20H27N5O3. The fraction of sp³-hybridized carbons (Fsp3) is 0.450.